The van der Waals surface area contributed by atoms with Crippen molar-refractivity contribution >= 4 is 39.1 Å². The standard InChI is InChI=1S/C23H17BrN2O3/c24-16-11-13-17(14-12-16)25-22(27)19-20(15-7-3-1-4-8-15)26(29-21(19)23(25)28)18-9-5-2-6-10-18/h1-14,19-21H/t19-,20+,21+/m0/s1. The first-order valence-electron chi connectivity index (χ1n) is 9.34. The van der Waals surface area contributed by atoms with Crippen LogP contribution in [0.25, 0.3) is 0 Å². The molecule has 3 atom stereocenters. The molecule has 0 saturated carbocycles. The van der Waals surface area contributed by atoms with Crippen LogP contribution in [0.3, 0.4) is 0 Å². The number of hydrogen-bond acceptors (Lipinski definition) is 4. The predicted molar refractivity (Wildman–Crippen MR) is 113 cm³/mol. The van der Waals surface area contributed by atoms with Crippen molar-refractivity contribution in [2.75, 3.05) is 9.96 Å². The van der Waals surface area contributed by atoms with Crippen LogP contribution in [-0.4, -0.2) is 17.9 Å². The van der Waals surface area contributed by atoms with Gasteiger partial charge in [0.2, 0.25) is 5.91 Å². The zero-order valence-corrected chi connectivity index (χ0v) is 16.9. The van der Waals surface area contributed by atoms with E-state index < -0.39 is 12.0 Å². The van der Waals surface area contributed by atoms with Crippen LogP contribution in [0.5, 0.6) is 0 Å². The number of hydroxylamine groups is 1. The molecule has 3 aromatic carbocycles. The molecule has 5 rings (SSSR count). The van der Waals surface area contributed by atoms with Gasteiger partial charge in [-0.3, -0.25) is 14.4 Å². The van der Waals surface area contributed by atoms with Gasteiger partial charge in [0.25, 0.3) is 5.91 Å². The highest BCUT2D eigenvalue weighted by molar-refractivity contribution is 9.10. The minimum Gasteiger partial charge on any atom is -0.273 e. The van der Waals surface area contributed by atoms with Crippen molar-refractivity contribution in [2.45, 2.75) is 12.1 Å². The Kier molecular flexibility index (Phi) is 4.45. The van der Waals surface area contributed by atoms with E-state index in [1.54, 1.807) is 17.2 Å². The molecule has 2 fully saturated rings. The van der Waals surface area contributed by atoms with E-state index in [2.05, 4.69) is 15.9 Å². The Hall–Kier alpha value is -2.96. The van der Waals surface area contributed by atoms with Crippen molar-refractivity contribution in [3.8, 4) is 0 Å². The smallest absolute Gasteiger partial charge is 0.266 e. The van der Waals surface area contributed by atoms with Gasteiger partial charge in [-0.15, -0.1) is 0 Å². The number of imide groups is 1. The second-order valence-electron chi connectivity index (χ2n) is 7.06. The van der Waals surface area contributed by atoms with E-state index in [9.17, 15) is 9.59 Å². The first-order chi connectivity index (χ1) is 14.1. The molecule has 0 bridgehead atoms. The Morgan fingerprint density at radius 3 is 2.00 bits per heavy atom. The zero-order chi connectivity index (χ0) is 20.0. The fourth-order valence-electron chi connectivity index (χ4n) is 4.05. The maximum absolute atomic E-state index is 13.4. The van der Waals surface area contributed by atoms with Crippen LogP contribution >= 0.6 is 15.9 Å². The van der Waals surface area contributed by atoms with Crippen LogP contribution in [0.15, 0.2) is 89.4 Å². The summed E-state index contributed by atoms with van der Waals surface area (Å²) in [6, 6.07) is 26.0. The molecule has 2 aliphatic rings. The van der Waals surface area contributed by atoms with Crippen LogP contribution in [-0.2, 0) is 14.4 Å². The summed E-state index contributed by atoms with van der Waals surface area (Å²) in [5.74, 6) is -1.19. The number of amides is 2. The summed E-state index contributed by atoms with van der Waals surface area (Å²) in [5.41, 5.74) is 2.30. The Bertz CT molecular complexity index is 1060. The number of anilines is 2. The summed E-state index contributed by atoms with van der Waals surface area (Å²) in [5, 5.41) is 1.71. The summed E-state index contributed by atoms with van der Waals surface area (Å²) in [7, 11) is 0. The van der Waals surface area contributed by atoms with Gasteiger partial charge in [-0.1, -0.05) is 64.5 Å². The van der Waals surface area contributed by atoms with E-state index in [4.69, 9.17) is 4.84 Å². The van der Waals surface area contributed by atoms with Crippen molar-refractivity contribution < 1.29 is 14.4 Å². The van der Waals surface area contributed by atoms with Crippen molar-refractivity contribution in [1.29, 1.82) is 0 Å². The van der Waals surface area contributed by atoms with Gasteiger partial charge in [-0.05, 0) is 42.0 Å². The molecule has 2 aliphatic heterocycles. The van der Waals surface area contributed by atoms with Gasteiger partial charge in [0.15, 0.2) is 6.10 Å². The Balaban J connectivity index is 1.58. The summed E-state index contributed by atoms with van der Waals surface area (Å²) in [6.07, 6.45) is -0.850. The monoisotopic (exact) mass is 448 g/mol. The molecule has 2 saturated heterocycles. The fraction of sp³-hybridized carbons (Fsp3) is 0.130. The molecule has 0 N–H and O–H groups in total. The minimum atomic E-state index is -0.850. The molecule has 0 radical (unpaired) electrons. The average molecular weight is 449 g/mol. The molecule has 0 spiro atoms. The number of nitrogens with zero attached hydrogens (tertiary/aromatic N) is 2. The van der Waals surface area contributed by atoms with E-state index in [0.29, 0.717) is 5.69 Å². The minimum absolute atomic E-state index is 0.241. The van der Waals surface area contributed by atoms with E-state index in [0.717, 1.165) is 15.7 Å². The summed E-state index contributed by atoms with van der Waals surface area (Å²) in [6.45, 7) is 0. The molecule has 0 aromatic heterocycles. The second-order valence-corrected chi connectivity index (χ2v) is 7.97. The third-order valence-electron chi connectivity index (χ3n) is 5.35. The molecular formula is C23H17BrN2O3. The van der Waals surface area contributed by atoms with Gasteiger partial charge in [0.1, 0.15) is 5.92 Å². The highest BCUT2D eigenvalue weighted by atomic mass is 79.9. The average Bonchev–Trinajstić information content (AvgIpc) is 3.27. The molecule has 2 heterocycles. The van der Waals surface area contributed by atoms with Crippen molar-refractivity contribution in [3.05, 3.63) is 95.0 Å². The third-order valence-corrected chi connectivity index (χ3v) is 5.88. The zero-order valence-electron chi connectivity index (χ0n) is 15.3. The molecule has 0 unspecified atom stereocenters. The highest BCUT2D eigenvalue weighted by Crippen LogP contribution is 2.47. The van der Waals surface area contributed by atoms with Crippen molar-refractivity contribution in [1.82, 2.24) is 0 Å². The number of fused-ring (bicyclic) bond motifs is 1. The maximum atomic E-state index is 13.4. The van der Waals surface area contributed by atoms with Gasteiger partial charge in [0, 0.05) is 4.47 Å². The quantitative estimate of drug-likeness (QED) is 0.553. The molecule has 5 nitrogen and oxygen atoms in total. The van der Waals surface area contributed by atoms with Gasteiger partial charge < -0.3 is 0 Å². The van der Waals surface area contributed by atoms with E-state index in [1.807, 2.05) is 72.8 Å². The highest BCUT2D eigenvalue weighted by Gasteiger charge is 2.60. The molecule has 6 heteroatoms. The number of hydrogen-bond donors (Lipinski definition) is 0. The number of benzene rings is 3. The summed E-state index contributed by atoms with van der Waals surface area (Å²) < 4.78 is 0.884. The Labute approximate surface area is 176 Å². The van der Waals surface area contributed by atoms with Crippen LogP contribution in [0.4, 0.5) is 11.4 Å². The van der Waals surface area contributed by atoms with E-state index >= 15 is 0 Å². The summed E-state index contributed by atoms with van der Waals surface area (Å²) >= 11 is 3.39. The number of rotatable bonds is 3. The van der Waals surface area contributed by atoms with E-state index in [1.165, 1.54) is 4.90 Å². The first kappa shape index (κ1) is 18.1. The number of carbonyl (C=O) groups is 2. The lowest BCUT2D eigenvalue weighted by Gasteiger charge is -2.28. The lowest BCUT2D eigenvalue weighted by Crippen LogP contribution is -2.37. The number of para-hydroxylation sites is 1. The van der Waals surface area contributed by atoms with Crippen LogP contribution in [0, 0.1) is 5.92 Å². The Morgan fingerprint density at radius 2 is 1.34 bits per heavy atom. The topological polar surface area (TPSA) is 49.9 Å². The molecule has 2 amide bonds. The summed E-state index contributed by atoms with van der Waals surface area (Å²) in [4.78, 5) is 34.0. The first-order valence-corrected chi connectivity index (χ1v) is 10.1. The Morgan fingerprint density at radius 1 is 0.724 bits per heavy atom. The van der Waals surface area contributed by atoms with Crippen molar-refractivity contribution in [2.24, 2.45) is 5.92 Å². The molecule has 0 aliphatic carbocycles. The third kappa shape index (κ3) is 2.96. The number of carbonyl (C=O) groups excluding carboxylic acids is 2. The van der Waals surface area contributed by atoms with Gasteiger partial charge in [0.05, 0.1) is 17.4 Å². The molecule has 3 aromatic rings. The van der Waals surface area contributed by atoms with Crippen LogP contribution in [0.2, 0.25) is 0 Å². The molecular weight excluding hydrogens is 432 g/mol. The van der Waals surface area contributed by atoms with Crippen LogP contribution in [0.1, 0.15) is 11.6 Å². The van der Waals surface area contributed by atoms with E-state index in [-0.39, 0.29) is 17.9 Å². The van der Waals surface area contributed by atoms with Gasteiger partial charge in [-0.25, -0.2) is 9.96 Å². The fourth-order valence-corrected chi connectivity index (χ4v) is 4.31. The lowest BCUT2D eigenvalue weighted by molar-refractivity contribution is -0.126. The lowest BCUT2D eigenvalue weighted by atomic mass is 9.90. The molecule has 144 valence electrons. The van der Waals surface area contributed by atoms with Crippen LogP contribution < -0.4 is 9.96 Å². The largest absolute Gasteiger partial charge is 0.273 e. The second kappa shape index (κ2) is 7.13. The van der Waals surface area contributed by atoms with Gasteiger partial charge >= 0.3 is 0 Å². The number of halogens is 1. The maximum Gasteiger partial charge on any atom is 0.266 e. The SMILES string of the molecule is O=C1[C@H]2[C@@H](c3ccccc3)N(c3ccccc3)O[C@H]2C(=O)N1c1ccc(Br)cc1. The predicted octanol–water partition coefficient (Wildman–Crippen LogP) is 4.50. The van der Waals surface area contributed by atoms with Crippen molar-refractivity contribution in [3.63, 3.8) is 0 Å². The van der Waals surface area contributed by atoms with Gasteiger partial charge in [-0.2, -0.15) is 0 Å². The normalized spacial score (nSPS) is 23.6. The molecule has 29 heavy (non-hydrogen) atoms.